The van der Waals surface area contributed by atoms with Gasteiger partial charge in [-0.25, -0.2) is 0 Å². The number of benzene rings is 1. The summed E-state index contributed by atoms with van der Waals surface area (Å²) in [5, 5.41) is 9.75. The van der Waals surface area contributed by atoms with Crippen molar-refractivity contribution in [3.63, 3.8) is 0 Å². The number of rotatable bonds is 4. The molecule has 88 valence electrons. The molecule has 1 aromatic rings. The molecule has 0 amide bonds. The number of hydrogen-bond acceptors (Lipinski definition) is 3. The van der Waals surface area contributed by atoms with Crippen molar-refractivity contribution in [2.75, 3.05) is 5.75 Å². The summed E-state index contributed by atoms with van der Waals surface area (Å²) in [6.07, 6.45) is 0. The van der Waals surface area contributed by atoms with Crippen LogP contribution >= 0.6 is 35.0 Å². The minimum absolute atomic E-state index is 0.264. The molecule has 0 radical (unpaired) electrons. The van der Waals surface area contributed by atoms with Gasteiger partial charge in [0.25, 0.3) is 0 Å². The van der Waals surface area contributed by atoms with Gasteiger partial charge in [0.2, 0.25) is 0 Å². The first-order valence-electron chi connectivity index (χ1n) is 4.43. The molecule has 6 heteroatoms. The van der Waals surface area contributed by atoms with Crippen molar-refractivity contribution < 1.29 is 9.90 Å². The molecule has 1 rings (SSSR count). The molecular weight excluding hydrogens is 269 g/mol. The molecule has 0 heterocycles. The maximum atomic E-state index is 10.8. The number of thioether (sulfide) groups is 1. The predicted molar refractivity (Wildman–Crippen MR) is 67.4 cm³/mol. The molecule has 16 heavy (non-hydrogen) atoms. The Morgan fingerprint density at radius 2 is 2.12 bits per heavy atom. The molecule has 1 atom stereocenters. The van der Waals surface area contributed by atoms with E-state index < -0.39 is 11.5 Å². The summed E-state index contributed by atoms with van der Waals surface area (Å²) in [4.78, 5) is 11.6. The van der Waals surface area contributed by atoms with Crippen LogP contribution in [0.5, 0.6) is 0 Å². The molecular formula is C10H11Cl2NO2S. The van der Waals surface area contributed by atoms with Gasteiger partial charge >= 0.3 is 5.97 Å². The monoisotopic (exact) mass is 279 g/mol. The van der Waals surface area contributed by atoms with Crippen molar-refractivity contribution in [3.8, 4) is 0 Å². The van der Waals surface area contributed by atoms with Crippen LogP contribution in [0.4, 0.5) is 0 Å². The third kappa shape index (κ3) is 3.56. The van der Waals surface area contributed by atoms with E-state index in [4.69, 9.17) is 34.0 Å². The fraction of sp³-hybridized carbons (Fsp3) is 0.300. The van der Waals surface area contributed by atoms with Crippen molar-refractivity contribution >= 4 is 40.9 Å². The summed E-state index contributed by atoms with van der Waals surface area (Å²) in [5.74, 6) is -0.764. The lowest BCUT2D eigenvalue weighted by atomic mass is 10.1. The van der Waals surface area contributed by atoms with Crippen molar-refractivity contribution in [2.45, 2.75) is 17.4 Å². The van der Waals surface area contributed by atoms with Crippen LogP contribution < -0.4 is 5.73 Å². The molecule has 0 saturated heterocycles. The lowest BCUT2D eigenvalue weighted by molar-refractivity contribution is -0.141. The number of halogens is 2. The highest BCUT2D eigenvalue weighted by molar-refractivity contribution is 7.99. The number of carboxylic acid groups (broad SMARTS) is 1. The second kappa shape index (κ2) is 5.27. The van der Waals surface area contributed by atoms with E-state index in [1.165, 1.54) is 18.7 Å². The summed E-state index contributed by atoms with van der Waals surface area (Å²) in [5.41, 5.74) is 4.34. The Morgan fingerprint density at radius 1 is 1.50 bits per heavy atom. The second-order valence-corrected chi connectivity index (χ2v) is 5.45. The molecule has 0 bridgehead atoms. The standard InChI is InChI=1S/C10H11Cl2NO2S/c1-10(13,9(14)15)5-16-6-2-3-7(11)8(12)4-6/h2-4H,5,13H2,1H3,(H,14,15). The average Bonchev–Trinajstić information content (AvgIpc) is 2.20. The summed E-state index contributed by atoms with van der Waals surface area (Å²) in [6, 6.07) is 5.13. The zero-order chi connectivity index (χ0) is 12.3. The Balaban J connectivity index is 2.68. The van der Waals surface area contributed by atoms with Crippen molar-refractivity contribution in [3.05, 3.63) is 28.2 Å². The van der Waals surface area contributed by atoms with Gasteiger partial charge in [-0.1, -0.05) is 23.2 Å². The van der Waals surface area contributed by atoms with Gasteiger partial charge in [-0.05, 0) is 25.1 Å². The van der Waals surface area contributed by atoms with Gasteiger partial charge in [0.1, 0.15) is 5.54 Å². The fourth-order valence-electron chi connectivity index (χ4n) is 0.862. The molecule has 0 fully saturated rings. The fourth-order valence-corrected chi connectivity index (χ4v) is 2.18. The Hall–Kier alpha value is -0.420. The first-order valence-corrected chi connectivity index (χ1v) is 6.17. The van der Waals surface area contributed by atoms with Crippen LogP contribution in [0.25, 0.3) is 0 Å². The van der Waals surface area contributed by atoms with E-state index >= 15 is 0 Å². The summed E-state index contributed by atoms with van der Waals surface area (Å²) < 4.78 is 0. The average molecular weight is 280 g/mol. The SMILES string of the molecule is CC(N)(CSc1ccc(Cl)c(Cl)c1)C(=O)O. The van der Waals surface area contributed by atoms with Gasteiger partial charge in [0, 0.05) is 10.6 Å². The van der Waals surface area contributed by atoms with Crippen LogP contribution in [0, 0.1) is 0 Å². The van der Waals surface area contributed by atoms with Crippen LogP contribution in [-0.2, 0) is 4.79 Å². The van der Waals surface area contributed by atoms with Gasteiger partial charge < -0.3 is 10.8 Å². The van der Waals surface area contributed by atoms with E-state index in [0.717, 1.165) is 4.90 Å². The third-order valence-corrected chi connectivity index (χ3v) is 3.99. The number of carbonyl (C=O) groups is 1. The molecule has 0 saturated carbocycles. The van der Waals surface area contributed by atoms with Crippen molar-refractivity contribution in [2.24, 2.45) is 5.73 Å². The van der Waals surface area contributed by atoms with Gasteiger partial charge in [0.15, 0.2) is 0 Å². The van der Waals surface area contributed by atoms with Gasteiger partial charge in [-0.3, -0.25) is 4.79 Å². The number of hydrogen-bond donors (Lipinski definition) is 2. The molecule has 0 aliphatic heterocycles. The summed E-state index contributed by atoms with van der Waals surface area (Å²) >= 11 is 12.9. The Bertz CT molecular complexity index is 410. The van der Waals surface area contributed by atoms with E-state index in [2.05, 4.69) is 0 Å². The van der Waals surface area contributed by atoms with Gasteiger partial charge in [-0.15, -0.1) is 11.8 Å². The predicted octanol–water partition coefficient (Wildman–Crippen LogP) is 2.89. The summed E-state index contributed by atoms with van der Waals surface area (Å²) in [7, 11) is 0. The number of nitrogens with two attached hydrogens (primary N) is 1. The largest absolute Gasteiger partial charge is 0.480 e. The molecule has 3 N–H and O–H groups in total. The Morgan fingerprint density at radius 3 is 2.62 bits per heavy atom. The third-order valence-electron chi connectivity index (χ3n) is 1.92. The zero-order valence-electron chi connectivity index (χ0n) is 8.54. The zero-order valence-corrected chi connectivity index (χ0v) is 10.9. The highest BCUT2D eigenvalue weighted by Crippen LogP contribution is 2.29. The first kappa shape index (κ1) is 13.6. The van der Waals surface area contributed by atoms with Crippen molar-refractivity contribution in [1.82, 2.24) is 0 Å². The quantitative estimate of drug-likeness (QED) is 0.832. The maximum Gasteiger partial charge on any atom is 0.324 e. The maximum absolute atomic E-state index is 10.8. The van der Waals surface area contributed by atoms with Crippen LogP contribution in [0.3, 0.4) is 0 Å². The van der Waals surface area contributed by atoms with E-state index in [9.17, 15) is 4.79 Å². The molecule has 0 spiro atoms. The Labute approximate surface area is 108 Å². The lowest BCUT2D eigenvalue weighted by Crippen LogP contribution is -2.47. The Kier molecular flexibility index (Phi) is 4.50. The minimum Gasteiger partial charge on any atom is -0.480 e. The van der Waals surface area contributed by atoms with E-state index in [-0.39, 0.29) is 5.75 Å². The first-order chi connectivity index (χ1) is 7.33. The molecule has 1 unspecified atom stereocenters. The van der Waals surface area contributed by atoms with Crippen LogP contribution in [0.2, 0.25) is 10.0 Å². The topological polar surface area (TPSA) is 63.3 Å². The molecule has 1 aromatic carbocycles. The van der Waals surface area contributed by atoms with Crippen LogP contribution in [-0.4, -0.2) is 22.4 Å². The molecule has 0 aromatic heterocycles. The van der Waals surface area contributed by atoms with Gasteiger partial charge in [0.05, 0.1) is 10.0 Å². The summed E-state index contributed by atoms with van der Waals surface area (Å²) in [6.45, 7) is 1.47. The highest BCUT2D eigenvalue weighted by atomic mass is 35.5. The number of aliphatic carboxylic acids is 1. The highest BCUT2D eigenvalue weighted by Gasteiger charge is 2.27. The number of carboxylic acids is 1. The van der Waals surface area contributed by atoms with Crippen LogP contribution in [0.1, 0.15) is 6.92 Å². The molecule has 3 nitrogen and oxygen atoms in total. The minimum atomic E-state index is -1.25. The molecule has 0 aliphatic rings. The normalized spacial score (nSPS) is 14.5. The van der Waals surface area contributed by atoms with Gasteiger partial charge in [-0.2, -0.15) is 0 Å². The van der Waals surface area contributed by atoms with E-state index in [1.807, 2.05) is 0 Å². The molecule has 0 aliphatic carbocycles. The lowest BCUT2D eigenvalue weighted by Gasteiger charge is -2.18. The van der Waals surface area contributed by atoms with E-state index in [0.29, 0.717) is 10.0 Å². The van der Waals surface area contributed by atoms with Crippen molar-refractivity contribution in [1.29, 1.82) is 0 Å². The van der Waals surface area contributed by atoms with E-state index in [1.54, 1.807) is 18.2 Å². The smallest absolute Gasteiger partial charge is 0.324 e. The second-order valence-electron chi connectivity index (χ2n) is 3.59. The van der Waals surface area contributed by atoms with Crippen LogP contribution in [0.15, 0.2) is 23.1 Å².